The van der Waals surface area contributed by atoms with Crippen molar-refractivity contribution >= 4 is 11.6 Å². The van der Waals surface area contributed by atoms with Crippen LogP contribution in [-0.4, -0.2) is 17.5 Å². The maximum atomic E-state index is 12.6. The highest BCUT2D eigenvalue weighted by atomic mass is 16.5. The number of oxazole rings is 1. The van der Waals surface area contributed by atoms with Crippen molar-refractivity contribution in [2.45, 2.75) is 13.3 Å². The fourth-order valence-corrected chi connectivity index (χ4v) is 3.05. The third-order valence-corrected chi connectivity index (χ3v) is 4.45. The minimum Gasteiger partial charge on any atom is -0.492 e. The summed E-state index contributed by atoms with van der Waals surface area (Å²) in [5.41, 5.74) is 3.78. The third kappa shape index (κ3) is 3.13. The van der Waals surface area contributed by atoms with Gasteiger partial charge in [-0.15, -0.1) is 0 Å². The number of carbonyl (C=O) groups is 1. The molecule has 1 unspecified atom stereocenters. The Balaban J connectivity index is 0.00000196. The third-order valence-electron chi connectivity index (χ3n) is 4.45. The molecule has 128 valence electrons. The molecule has 0 bridgehead atoms. The first-order chi connectivity index (χ1) is 12.2. The predicted molar refractivity (Wildman–Crippen MR) is 96.6 cm³/mol. The van der Waals surface area contributed by atoms with Crippen LogP contribution >= 0.6 is 0 Å². The minimum atomic E-state index is -0.191. The van der Waals surface area contributed by atoms with Gasteiger partial charge in [0, 0.05) is 12.7 Å². The highest BCUT2D eigenvalue weighted by Gasteiger charge is 2.26. The van der Waals surface area contributed by atoms with E-state index < -0.39 is 0 Å². The van der Waals surface area contributed by atoms with Crippen LogP contribution in [0.2, 0.25) is 0 Å². The molecule has 1 aromatic heterocycles. The van der Waals surface area contributed by atoms with E-state index in [1.807, 2.05) is 49.4 Å². The Morgan fingerprint density at radius 1 is 1.28 bits per heavy atom. The van der Waals surface area contributed by atoms with Crippen molar-refractivity contribution in [2.24, 2.45) is 5.92 Å². The van der Waals surface area contributed by atoms with Crippen molar-refractivity contribution in [3.63, 3.8) is 0 Å². The SMILES string of the molecule is Cc1cc(-c2cnco2)ccc1NC(=O)C1COc2ccccc2C1.[HH]. The van der Waals surface area contributed by atoms with Crippen molar-refractivity contribution in [3.05, 3.63) is 66.2 Å². The quantitative estimate of drug-likeness (QED) is 0.782. The van der Waals surface area contributed by atoms with Gasteiger partial charge in [0.2, 0.25) is 5.91 Å². The Bertz CT molecular complexity index is 909. The minimum absolute atomic E-state index is 0. The number of aromatic nitrogens is 1. The number of anilines is 1. The van der Waals surface area contributed by atoms with E-state index in [1.54, 1.807) is 6.20 Å². The second kappa shape index (κ2) is 6.43. The van der Waals surface area contributed by atoms with Gasteiger partial charge in [0.1, 0.15) is 12.4 Å². The molecule has 1 amide bonds. The maximum absolute atomic E-state index is 12.6. The van der Waals surface area contributed by atoms with E-state index in [9.17, 15) is 4.79 Å². The number of nitrogens with one attached hydrogen (secondary N) is 1. The Morgan fingerprint density at radius 2 is 2.16 bits per heavy atom. The number of carbonyl (C=O) groups excluding carboxylic acids is 1. The molecule has 4 rings (SSSR count). The monoisotopic (exact) mass is 336 g/mol. The van der Waals surface area contributed by atoms with Gasteiger partial charge in [-0.25, -0.2) is 4.98 Å². The highest BCUT2D eigenvalue weighted by molar-refractivity contribution is 5.94. The number of aryl methyl sites for hydroxylation is 1. The van der Waals surface area contributed by atoms with Crippen LogP contribution in [0.15, 0.2) is 59.5 Å². The number of fused-ring (bicyclic) bond motifs is 1. The summed E-state index contributed by atoms with van der Waals surface area (Å²) in [6.07, 6.45) is 3.77. The number of para-hydroxylation sites is 1. The average Bonchev–Trinajstić information content (AvgIpc) is 3.17. The van der Waals surface area contributed by atoms with E-state index in [-0.39, 0.29) is 13.3 Å². The van der Waals surface area contributed by atoms with Crippen LogP contribution < -0.4 is 10.1 Å². The van der Waals surface area contributed by atoms with Gasteiger partial charge in [-0.3, -0.25) is 4.79 Å². The Hall–Kier alpha value is -3.08. The number of hydrogen-bond donors (Lipinski definition) is 1. The summed E-state index contributed by atoms with van der Waals surface area (Å²) < 4.78 is 11.0. The fraction of sp³-hybridized carbons (Fsp3) is 0.200. The molecule has 1 atom stereocenters. The molecular formula is C20H20N2O3. The van der Waals surface area contributed by atoms with Crippen molar-refractivity contribution in [2.75, 3.05) is 11.9 Å². The number of rotatable bonds is 3. The zero-order valence-electron chi connectivity index (χ0n) is 13.9. The van der Waals surface area contributed by atoms with E-state index in [1.165, 1.54) is 6.39 Å². The lowest BCUT2D eigenvalue weighted by atomic mass is 9.96. The summed E-state index contributed by atoms with van der Waals surface area (Å²) in [4.78, 5) is 16.6. The Labute approximate surface area is 147 Å². The number of hydrogen-bond acceptors (Lipinski definition) is 4. The normalized spacial score (nSPS) is 16.0. The lowest BCUT2D eigenvalue weighted by Gasteiger charge is -2.24. The largest absolute Gasteiger partial charge is 0.492 e. The van der Waals surface area contributed by atoms with Crippen LogP contribution in [0, 0.1) is 12.8 Å². The Kier molecular flexibility index (Phi) is 3.98. The molecule has 0 saturated heterocycles. The zero-order valence-corrected chi connectivity index (χ0v) is 13.9. The van der Waals surface area contributed by atoms with Gasteiger partial charge >= 0.3 is 0 Å². The van der Waals surface area contributed by atoms with Crippen molar-refractivity contribution in [3.8, 4) is 17.1 Å². The molecule has 2 heterocycles. The van der Waals surface area contributed by atoms with Crippen LogP contribution in [0.25, 0.3) is 11.3 Å². The summed E-state index contributed by atoms with van der Waals surface area (Å²) in [5, 5.41) is 3.02. The van der Waals surface area contributed by atoms with E-state index in [0.717, 1.165) is 28.1 Å². The van der Waals surface area contributed by atoms with Crippen molar-refractivity contribution in [1.29, 1.82) is 0 Å². The van der Waals surface area contributed by atoms with Crippen LogP contribution in [0.3, 0.4) is 0 Å². The molecule has 0 saturated carbocycles. The second-order valence-corrected chi connectivity index (χ2v) is 6.20. The Morgan fingerprint density at radius 3 is 2.96 bits per heavy atom. The van der Waals surface area contributed by atoms with Crippen LogP contribution in [0.4, 0.5) is 5.69 Å². The molecule has 25 heavy (non-hydrogen) atoms. The number of ether oxygens (including phenoxy) is 1. The van der Waals surface area contributed by atoms with Gasteiger partial charge in [0.25, 0.3) is 0 Å². The standard InChI is InChI=1S/C20H18N2O3.H2/c1-13-8-15(19-10-21-12-25-19)6-7-17(13)22-20(23)16-9-14-4-2-3-5-18(14)24-11-16;/h2-8,10,12,16H,9,11H2,1H3,(H,22,23);1H. The molecule has 0 spiro atoms. The molecule has 5 nitrogen and oxygen atoms in total. The molecule has 3 aromatic rings. The van der Waals surface area contributed by atoms with Gasteiger partial charge in [-0.05, 0) is 48.7 Å². The summed E-state index contributed by atoms with van der Waals surface area (Å²) in [6.45, 7) is 2.36. The lowest BCUT2D eigenvalue weighted by molar-refractivity contribution is -0.121. The van der Waals surface area contributed by atoms with Crippen LogP contribution in [-0.2, 0) is 11.2 Å². The zero-order chi connectivity index (χ0) is 17.2. The molecule has 0 radical (unpaired) electrons. The van der Waals surface area contributed by atoms with Gasteiger partial charge in [0.05, 0.1) is 12.1 Å². The lowest BCUT2D eigenvalue weighted by Crippen LogP contribution is -2.32. The molecule has 1 aliphatic heterocycles. The first kappa shape index (κ1) is 15.4. The fourth-order valence-electron chi connectivity index (χ4n) is 3.05. The first-order valence-corrected chi connectivity index (χ1v) is 8.22. The second-order valence-electron chi connectivity index (χ2n) is 6.20. The van der Waals surface area contributed by atoms with Gasteiger partial charge in [-0.2, -0.15) is 0 Å². The highest BCUT2D eigenvalue weighted by Crippen LogP contribution is 2.29. The number of amides is 1. The maximum Gasteiger partial charge on any atom is 0.231 e. The molecule has 0 fully saturated rings. The van der Waals surface area contributed by atoms with E-state index in [4.69, 9.17) is 9.15 Å². The summed E-state index contributed by atoms with van der Waals surface area (Å²) >= 11 is 0. The molecule has 2 aromatic carbocycles. The van der Waals surface area contributed by atoms with E-state index in [2.05, 4.69) is 10.3 Å². The number of nitrogens with zero attached hydrogens (tertiary/aromatic N) is 1. The van der Waals surface area contributed by atoms with Gasteiger partial charge < -0.3 is 14.5 Å². The van der Waals surface area contributed by atoms with Gasteiger partial charge in [0.15, 0.2) is 12.2 Å². The van der Waals surface area contributed by atoms with Crippen molar-refractivity contribution < 1.29 is 15.4 Å². The van der Waals surface area contributed by atoms with Crippen LogP contribution in [0.1, 0.15) is 12.6 Å². The number of benzene rings is 2. The molecular weight excluding hydrogens is 316 g/mol. The van der Waals surface area contributed by atoms with Crippen LogP contribution in [0.5, 0.6) is 5.75 Å². The summed E-state index contributed by atoms with van der Waals surface area (Å²) in [5.74, 6) is 1.37. The molecule has 0 aliphatic carbocycles. The van der Waals surface area contributed by atoms with E-state index >= 15 is 0 Å². The molecule has 5 heteroatoms. The summed E-state index contributed by atoms with van der Waals surface area (Å²) in [6, 6.07) is 13.6. The first-order valence-electron chi connectivity index (χ1n) is 8.22. The summed E-state index contributed by atoms with van der Waals surface area (Å²) in [7, 11) is 0. The molecule has 1 aliphatic rings. The smallest absolute Gasteiger partial charge is 0.231 e. The predicted octanol–water partition coefficient (Wildman–Crippen LogP) is 4.09. The molecule has 1 N–H and O–H groups in total. The van der Waals surface area contributed by atoms with Crippen molar-refractivity contribution in [1.82, 2.24) is 4.98 Å². The topological polar surface area (TPSA) is 64.4 Å². The average molecular weight is 336 g/mol. The van der Waals surface area contributed by atoms with E-state index in [0.29, 0.717) is 18.8 Å². The van der Waals surface area contributed by atoms with Gasteiger partial charge in [-0.1, -0.05) is 18.2 Å².